The third kappa shape index (κ3) is 14.1. The molecule has 3 aromatic heterocycles. The lowest BCUT2D eigenvalue weighted by Crippen LogP contribution is -2.32. The minimum atomic E-state index is -4.77. The van der Waals surface area contributed by atoms with E-state index in [1.807, 2.05) is 20.1 Å². The maximum absolute atomic E-state index is 14.3. The smallest absolute Gasteiger partial charge is 0.435 e. The Morgan fingerprint density at radius 1 is 1.04 bits per heavy atom. The molecule has 5 N–H and O–H groups in total. The molecule has 12 nitrogen and oxygen atoms in total. The number of aryl methyl sites for hydroxylation is 1. The summed E-state index contributed by atoms with van der Waals surface area (Å²) >= 11 is 9.04. The lowest BCUT2D eigenvalue weighted by atomic mass is 9.94. The number of unbranched alkanes of at least 4 members (excludes halogenated alkanes) is 1. The molecule has 0 saturated carbocycles. The lowest BCUT2D eigenvalue weighted by Gasteiger charge is -2.21. The van der Waals surface area contributed by atoms with Crippen LogP contribution in [-0.2, 0) is 41.1 Å². The summed E-state index contributed by atoms with van der Waals surface area (Å²) in [5.41, 5.74) is 10.4. The first-order valence-corrected chi connectivity index (χ1v) is 25.0. The van der Waals surface area contributed by atoms with E-state index in [9.17, 15) is 53.5 Å². The zero-order chi connectivity index (χ0) is 53.5. The second kappa shape index (κ2) is 23.8. The monoisotopic (exact) mass is 1080 g/mol. The fraction of sp³-hybridized carbons (Fsp3) is 0.468. The van der Waals surface area contributed by atoms with Crippen molar-refractivity contribution in [3.63, 3.8) is 0 Å². The van der Waals surface area contributed by atoms with Crippen LogP contribution in [0, 0.1) is 23.5 Å². The fourth-order valence-corrected chi connectivity index (χ4v) is 8.85. The van der Waals surface area contributed by atoms with E-state index >= 15 is 0 Å². The minimum absolute atomic E-state index is 0.000718. The van der Waals surface area contributed by atoms with E-state index in [-0.39, 0.29) is 75.0 Å². The van der Waals surface area contributed by atoms with Crippen LogP contribution in [0.2, 0.25) is 5.02 Å². The number of thioether (sulfide) groups is 1. The number of alkyl halides is 8. The standard InChI is InChI=1S/C37H41ClF5N7O3S2.C10H11F5N2/c1-36(2,54-3)13-12-26-8-9-27(32(47-26)30(46-21-51)17-22-15-23(39)18-24(40)16-22)28-10-11-29(38)31-33(28)49(20-37(41,42)43)48-34(31)50(55-4)35(52)53-19-25(45)7-5-6-14-44;1-3-17-8-6(5(2)4-9(8,11)12)7(16-17)10(13,14)15/h8-11,15-16,18,21,25,30H,5-7,14,17,19-20,44-45H2,1-4H3,(H,46,51);5H,3-4H2,1-2H3/t;5-/m.0/s1. The summed E-state index contributed by atoms with van der Waals surface area (Å²) in [5, 5.41) is 10.1. The van der Waals surface area contributed by atoms with E-state index in [1.165, 1.54) is 44.0 Å². The van der Waals surface area contributed by atoms with Crippen molar-refractivity contribution in [2.45, 2.75) is 114 Å². The van der Waals surface area contributed by atoms with Crippen molar-refractivity contribution in [2.75, 3.05) is 30.0 Å². The predicted molar refractivity (Wildman–Crippen MR) is 259 cm³/mol. The van der Waals surface area contributed by atoms with E-state index < -0.39 is 83.1 Å². The summed E-state index contributed by atoms with van der Waals surface area (Å²) in [6.45, 7) is 5.42. The van der Waals surface area contributed by atoms with Crippen LogP contribution in [0.5, 0.6) is 0 Å². The average molecular weight is 1080 g/mol. The molecule has 3 atom stereocenters. The first-order chi connectivity index (χ1) is 33.7. The number of benzene rings is 2. The number of hydrogen-bond acceptors (Lipinski definition) is 10. The number of rotatable bonds is 17. The van der Waals surface area contributed by atoms with E-state index in [0.717, 1.165) is 45.9 Å². The molecule has 1 aliphatic rings. The SMILES string of the molecule is CCn1nc(C(F)(F)F)c2c1C(F)(F)C[C@@H]2C.CSN(C(=O)OCC(N)CCCCN)c1nn(CC(F)(F)F)c2c(-c3ccc(C#CC(C)(C)SC)nc3C(Cc3cc(F)cc(F)c3)NC=O)ccc(Cl)c12. The number of nitrogens with zero attached hydrogens (tertiary/aromatic N) is 6. The van der Waals surface area contributed by atoms with Crippen molar-refractivity contribution >= 4 is 64.5 Å². The first-order valence-electron chi connectivity index (χ1n) is 22.2. The van der Waals surface area contributed by atoms with Gasteiger partial charge in [0.25, 0.3) is 5.92 Å². The van der Waals surface area contributed by atoms with Gasteiger partial charge in [-0.2, -0.15) is 49.6 Å². The lowest BCUT2D eigenvalue weighted by molar-refractivity contribution is -0.142. The van der Waals surface area contributed by atoms with Gasteiger partial charge >= 0.3 is 18.4 Å². The number of amides is 2. The molecule has 0 bridgehead atoms. The van der Waals surface area contributed by atoms with Crippen molar-refractivity contribution < 1.29 is 58.2 Å². The number of aromatic nitrogens is 5. The van der Waals surface area contributed by atoms with Gasteiger partial charge in [0.05, 0.1) is 32.4 Å². The molecule has 2 unspecified atom stereocenters. The van der Waals surface area contributed by atoms with Crippen LogP contribution in [0.1, 0.15) is 99.2 Å². The molecule has 2 amide bonds. The Balaban J connectivity index is 0.000000474. The van der Waals surface area contributed by atoms with Crippen LogP contribution in [-0.4, -0.2) is 79.7 Å². The molecule has 72 heavy (non-hydrogen) atoms. The van der Waals surface area contributed by atoms with Gasteiger partial charge in [-0.05, 0) is 113 Å². The highest BCUT2D eigenvalue weighted by atomic mass is 35.5. The Hall–Kier alpha value is -5.22. The summed E-state index contributed by atoms with van der Waals surface area (Å²) in [5.74, 6) is 0.172. The number of carbonyl (C=O) groups excluding carboxylic acids is 2. The van der Waals surface area contributed by atoms with Gasteiger partial charge in [0, 0.05) is 48.0 Å². The molecule has 3 heterocycles. The summed E-state index contributed by atoms with van der Waals surface area (Å²) in [6, 6.07) is 7.38. The predicted octanol–water partition coefficient (Wildman–Crippen LogP) is 11.3. The van der Waals surface area contributed by atoms with Crippen molar-refractivity contribution in [3.8, 4) is 23.0 Å². The highest BCUT2D eigenvalue weighted by Crippen LogP contribution is 2.52. The molecule has 25 heteroatoms. The molecular weight excluding hydrogens is 1030 g/mol. The quantitative estimate of drug-likeness (QED) is 0.0269. The summed E-state index contributed by atoms with van der Waals surface area (Å²) in [7, 11) is 0. The number of nitrogens with two attached hydrogens (primary N) is 2. The van der Waals surface area contributed by atoms with E-state index in [4.69, 9.17) is 32.8 Å². The third-order valence-electron chi connectivity index (χ3n) is 11.3. The largest absolute Gasteiger partial charge is 0.447 e. The van der Waals surface area contributed by atoms with Crippen LogP contribution in [0.25, 0.3) is 22.0 Å². The fourth-order valence-electron chi connectivity index (χ4n) is 7.96. The summed E-state index contributed by atoms with van der Waals surface area (Å²) < 4.78 is 144. The van der Waals surface area contributed by atoms with Gasteiger partial charge in [0.15, 0.2) is 11.5 Å². The van der Waals surface area contributed by atoms with Gasteiger partial charge in [0.1, 0.15) is 36.2 Å². The van der Waals surface area contributed by atoms with Crippen LogP contribution >= 0.6 is 35.3 Å². The molecule has 0 saturated heterocycles. The molecule has 0 radical (unpaired) electrons. The molecule has 0 aliphatic heterocycles. The van der Waals surface area contributed by atoms with Crippen molar-refractivity contribution in [3.05, 3.63) is 93.0 Å². The number of fused-ring (bicyclic) bond motifs is 2. The van der Waals surface area contributed by atoms with Crippen LogP contribution in [0.15, 0.2) is 42.5 Å². The highest BCUT2D eigenvalue weighted by molar-refractivity contribution is 8.00. The maximum atomic E-state index is 14.3. The molecule has 0 spiro atoms. The highest BCUT2D eigenvalue weighted by Gasteiger charge is 2.53. The summed E-state index contributed by atoms with van der Waals surface area (Å²) in [6.07, 6.45) is -5.35. The van der Waals surface area contributed by atoms with Gasteiger partial charge in [-0.25, -0.2) is 18.6 Å². The number of ether oxygens (including phenoxy) is 1. The van der Waals surface area contributed by atoms with Crippen LogP contribution in [0.3, 0.4) is 0 Å². The molecular formula is C47H52ClF10N9O3S2. The Labute approximate surface area is 422 Å². The number of carbonyl (C=O) groups is 2. The number of nitrogens with one attached hydrogen (secondary N) is 1. The average Bonchev–Trinajstić information content (AvgIpc) is 3.95. The zero-order valence-corrected chi connectivity index (χ0v) is 42.1. The van der Waals surface area contributed by atoms with Crippen LogP contribution in [0.4, 0.5) is 54.5 Å². The van der Waals surface area contributed by atoms with Crippen molar-refractivity contribution in [1.82, 2.24) is 29.9 Å². The number of pyridine rings is 1. The van der Waals surface area contributed by atoms with Crippen molar-refractivity contribution in [1.29, 1.82) is 0 Å². The van der Waals surface area contributed by atoms with Crippen LogP contribution < -0.4 is 21.1 Å². The zero-order valence-electron chi connectivity index (χ0n) is 39.8. The van der Waals surface area contributed by atoms with Gasteiger partial charge in [-0.15, -0.1) is 11.8 Å². The van der Waals surface area contributed by atoms with Crippen molar-refractivity contribution in [2.24, 2.45) is 11.5 Å². The third-order valence-corrected chi connectivity index (χ3v) is 13.4. The van der Waals surface area contributed by atoms with Gasteiger partial charge < -0.3 is 21.5 Å². The second-order valence-electron chi connectivity index (χ2n) is 17.2. The molecule has 1 aliphatic carbocycles. The number of anilines is 1. The topological polar surface area (TPSA) is 159 Å². The normalized spacial score (nSPS) is 15.2. The Bertz CT molecular complexity index is 2770. The number of halogens is 11. The Morgan fingerprint density at radius 2 is 1.71 bits per heavy atom. The molecule has 392 valence electrons. The minimum Gasteiger partial charge on any atom is -0.447 e. The number of hydrogen-bond donors (Lipinski definition) is 3. The Morgan fingerprint density at radius 3 is 2.29 bits per heavy atom. The second-order valence-corrected chi connectivity index (χ2v) is 19.7. The molecule has 0 fully saturated rings. The maximum Gasteiger partial charge on any atom is 0.435 e. The molecule has 6 rings (SSSR count). The first kappa shape index (κ1) is 57.7. The van der Waals surface area contributed by atoms with Gasteiger partial charge in [-0.3, -0.25) is 14.2 Å². The van der Waals surface area contributed by atoms with Gasteiger partial charge in [0.2, 0.25) is 6.41 Å². The van der Waals surface area contributed by atoms with Gasteiger partial charge in [-0.1, -0.05) is 36.9 Å². The van der Waals surface area contributed by atoms with E-state index in [2.05, 4.69) is 27.4 Å². The van der Waals surface area contributed by atoms with E-state index in [1.54, 1.807) is 12.1 Å². The van der Waals surface area contributed by atoms with E-state index in [0.29, 0.717) is 30.1 Å². The summed E-state index contributed by atoms with van der Waals surface area (Å²) in [4.78, 5) is 30.2. The molecule has 5 aromatic rings. The Kier molecular flexibility index (Phi) is 19.0. The molecule has 2 aromatic carbocycles.